The SMILES string of the molecule is CC(C)n1c(=O)c2cnc(Nc3ccc4c(c3)CCN(C(=O)O)C4)nc2n1-c1nc(C(C)(C)C)cs1. The molecule has 0 unspecified atom stereocenters. The van der Waals surface area contributed by atoms with Crippen LogP contribution < -0.4 is 10.9 Å². The van der Waals surface area contributed by atoms with Crippen LogP contribution in [-0.2, 0) is 18.4 Å². The molecule has 0 radical (unpaired) electrons. The second-order valence-electron chi connectivity index (χ2n) is 10.3. The minimum atomic E-state index is -0.904. The molecule has 1 aliphatic heterocycles. The van der Waals surface area contributed by atoms with Crippen LogP contribution >= 0.6 is 11.3 Å². The molecule has 1 aliphatic rings. The lowest BCUT2D eigenvalue weighted by Gasteiger charge is -2.26. The van der Waals surface area contributed by atoms with E-state index in [4.69, 9.17) is 9.97 Å². The van der Waals surface area contributed by atoms with Crippen LogP contribution in [0, 0.1) is 0 Å². The molecule has 0 spiro atoms. The van der Waals surface area contributed by atoms with E-state index in [0.717, 1.165) is 22.5 Å². The molecule has 0 bridgehead atoms. The molecule has 5 rings (SSSR count). The number of fused-ring (bicyclic) bond motifs is 2. The van der Waals surface area contributed by atoms with Gasteiger partial charge in [-0.05, 0) is 43.5 Å². The monoisotopic (exact) mass is 507 g/mol. The van der Waals surface area contributed by atoms with Gasteiger partial charge in [-0.3, -0.25) is 4.79 Å². The van der Waals surface area contributed by atoms with E-state index in [-0.39, 0.29) is 17.0 Å². The van der Waals surface area contributed by atoms with Gasteiger partial charge < -0.3 is 15.3 Å². The summed E-state index contributed by atoms with van der Waals surface area (Å²) in [5, 5.41) is 15.7. The first-order valence-corrected chi connectivity index (χ1v) is 12.7. The summed E-state index contributed by atoms with van der Waals surface area (Å²) in [5.74, 6) is 0.368. The van der Waals surface area contributed by atoms with Gasteiger partial charge in [0.1, 0.15) is 5.39 Å². The Morgan fingerprint density at radius 3 is 2.64 bits per heavy atom. The van der Waals surface area contributed by atoms with Crippen LogP contribution in [0.5, 0.6) is 0 Å². The van der Waals surface area contributed by atoms with Crippen molar-refractivity contribution in [3.8, 4) is 5.13 Å². The Bertz CT molecular complexity index is 1530. The Hall–Kier alpha value is -3.73. The van der Waals surface area contributed by atoms with E-state index in [1.807, 2.05) is 37.4 Å². The molecule has 1 amide bonds. The van der Waals surface area contributed by atoms with Crippen molar-refractivity contribution in [2.45, 2.75) is 59.0 Å². The first kappa shape index (κ1) is 24.0. The first-order valence-electron chi connectivity index (χ1n) is 11.9. The molecule has 0 fully saturated rings. The van der Waals surface area contributed by atoms with Gasteiger partial charge in [0.15, 0.2) is 5.65 Å². The number of thiazole rings is 1. The third-order valence-electron chi connectivity index (χ3n) is 6.30. The average molecular weight is 508 g/mol. The normalized spacial score (nSPS) is 13.9. The number of benzene rings is 1. The smallest absolute Gasteiger partial charge is 0.407 e. The summed E-state index contributed by atoms with van der Waals surface area (Å²) in [6.45, 7) is 11.1. The van der Waals surface area contributed by atoms with Gasteiger partial charge in [0.05, 0.1) is 5.69 Å². The van der Waals surface area contributed by atoms with Gasteiger partial charge in [0.2, 0.25) is 11.1 Å². The molecule has 0 saturated carbocycles. The number of aromatic nitrogens is 5. The molecule has 4 aromatic rings. The highest BCUT2D eigenvalue weighted by molar-refractivity contribution is 7.12. The highest BCUT2D eigenvalue weighted by Gasteiger charge is 2.24. The van der Waals surface area contributed by atoms with Crippen LogP contribution in [0.1, 0.15) is 57.5 Å². The fourth-order valence-electron chi connectivity index (χ4n) is 4.34. The predicted molar refractivity (Wildman–Crippen MR) is 140 cm³/mol. The van der Waals surface area contributed by atoms with E-state index in [1.165, 1.54) is 16.2 Å². The Kier molecular flexibility index (Phi) is 5.82. The number of hydrogen-bond acceptors (Lipinski definition) is 7. The van der Waals surface area contributed by atoms with Crippen molar-refractivity contribution >= 4 is 40.1 Å². The molecule has 36 heavy (non-hydrogen) atoms. The van der Waals surface area contributed by atoms with Crippen LogP contribution in [0.2, 0.25) is 0 Å². The van der Waals surface area contributed by atoms with E-state index in [9.17, 15) is 14.7 Å². The summed E-state index contributed by atoms with van der Waals surface area (Å²) in [5.41, 5.74) is 4.07. The maximum atomic E-state index is 13.2. The summed E-state index contributed by atoms with van der Waals surface area (Å²) in [4.78, 5) is 39.9. The number of amides is 1. The minimum absolute atomic E-state index is 0.101. The van der Waals surface area contributed by atoms with Gasteiger partial charge in [-0.2, -0.15) is 4.98 Å². The van der Waals surface area contributed by atoms with Crippen LogP contribution in [-0.4, -0.2) is 47.0 Å². The quantitative estimate of drug-likeness (QED) is 0.411. The summed E-state index contributed by atoms with van der Waals surface area (Å²) in [6, 6.07) is 5.72. The van der Waals surface area contributed by atoms with Crippen molar-refractivity contribution in [3.63, 3.8) is 0 Å². The average Bonchev–Trinajstić information content (AvgIpc) is 3.41. The van der Waals surface area contributed by atoms with Crippen molar-refractivity contribution in [1.82, 2.24) is 29.2 Å². The molecular weight excluding hydrogens is 478 g/mol. The van der Waals surface area contributed by atoms with E-state index in [2.05, 4.69) is 31.1 Å². The zero-order valence-electron chi connectivity index (χ0n) is 20.9. The van der Waals surface area contributed by atoms with Gasteiger partial charge in [0.25, 0.3) is 5.56 Å². The topological polar surface area (TPSA) is 118 Å². The molecule has 0 atom stereocenters. The van der Waals surface area contributed by atoms with Crippen molar-refractivity contribution in [1.29, 1.82) is 0 Å². The van der Waals surface area contributed by atoms with Crippen LogP contribution in [0.3, 0.4) is 0 Å². The van der Waals surface area contributed by atoms with E-state index in [1.54, 1.807) is 15.6 Å². The summed E-state index contributed by atoms with van der Waals surface area (Å²) >= 11 is 1.48. The second kappa shape index (κ2) is 8.74. The molecule has 188 valence electrons. The van der Waals surface area contributed by atoms with Crippen molar-refractivity contribution in [3.05, 3.63) is 57.0 Å². The number of carbonyl (C=O) groups is 1. The Balaban J connectivity index is 1.54. The highest BCUT2D eigenvalue weighted by Crippen LogP contribution is 2.29. The van der Waals surface area contributed by atoms with Crippen LogP contribution in [0.25, 0.3) is 16.2 Å². The number of nitrogens with zero attached hydrogens (tertiary/aromatic N) is 6. The Morgan fingerprint density at radius 2 is 1.97 bits per heavy atom. The molecule has 0 aliphatic carbocycles. The van der Waals surface area contributed by atoms with E-state index >= 15 is 0 Å². The highest BCUT2D eigenvalue weighted by atomic mass is 32.1. The minimum Gasteiger partial charge on any atom is -0.465 e. The van der Waals surface area contributed by atoms with Gasteiger partial charge in [-0.25, -0.2) is 24.1 Å². The van der Waals surface area contributed by atoms with Crippen molar-refractivity contribution in [2.75, 3.05) is 11.9 Å². The molecule has 11 heteroatoms. The number of carboxylic acid groups (broad SMARTS) is 1. The lowest BCUT2D eigenvalue weighted by atomic mass is 9.93. The molecule has 4 heterocycles. The standard InChI is InChI=1S/C25H29N7O3S/c1-14(2)31-21(33)18-11-26-22(29-20(18)32(31)23-28-19(13-36-23)25(3,4)5)27-17-7-6-16-12-30(24(34)35)9-8-15(16)10-17/h6-7,10-11,13-14H,8-9,12H2,1-5H3,(H,34,35)(H,26,27,29). The molecule has 3 aromatic heterocycles. The first-order chi connectivity index (χ1) is 17.0. The zero-order chi connectivity index (χ0) is 25.8. The molecule has 1 aromatic carbocycles. The molecule has 0 saturated heterocycles. The molecule has 2 N–H and O–H groups in total. The summed E-state index contributed by atoms with van der Waals surface area (Å²) in [6.07, 6.45) is 1.30. The largest absolute Gasteiger partial charge is 0.465 e. The number of rotatable bonds is 4. The van der Waals surface area contributed by atoms with Gasteiger partial charge in [-0.1, -0.05) is 26.8 Å². The van der Waals surface area contributed by atoms with Gasteiger partial charge in [-0.15, -0.1) is 11.3 Å². The number of nitrogens with one attached hydrogen (secondary N) is 1. The van der Waals surface area contributed by atoms with Crippen LogP contribution in [0.15, 0.2) is 34.6 Å². The van der Waals surface area contributed by atoms with Crippen molar-refractivity contribution < 1.29 is 9.90 Å². The second-order valence-corrected chi connectivity index (χ2v) is 11.2. The van der Waals surface area contributed by atoms with Gasteiger partial charge >= 0.3 is 6.09 Å². The fraction of sp³-hybridized carbons (Fsp3) is 0.400. The predicted octanol–water partition coefficient (Wildman–Crippen LogP) is 4.70. The Morgan fingerprint density at radius 1 is 1.19 bits per heavy atom. The molecular formula is C25H29N7O3S. The third-order valence-corrected chi connectivity index (χ3v) is 7.12. The third kappa shape index (κ3) is 4.23. The van der Waals surface area contributed by atoms with Gasteiger partial charge in [0, 0.05) is 41.8 Å². The molecule has 10 nitrogen and oxygen atoms in total. The summed E-state index contributed by atoms with van der Waals surface area (Å²) in [7, 11) is 0. The Labute approximate surface area is 212 Å². The number of anilines is 2. The lowest BCUT2D eigenvalue weighted by molar-refractivity contribution is 0.140. The fourth-order valence-corrected chi connectivity index (χ4v) is 5.39. The number of hydrogen-bond donors (Lipinski definition) is 2. The van der Waals surface area contributed by atoms with Crippen molar-refractivity contribution in [2.24, 2.45) is 0 Å². The lowest BCUT2D eigenvalue weighted by Crippen LogP contribution is -2.34. The van der Waals surface area contributed by atoms with E-state index < -0.39 is 6.09 Å². The summed E-state index contributed by atoms with van der Waals surface area (Å²) < 4.78 is 3.46. The van der Waals surface area contributed by atoms with Crippen LogP contribution in [0.4, 0.5) is 16.4 Å². The van der Waals surface area contributed by atoms with E-state index in [0.29, 0.717) is 41.6 Å². The zero-order valence-corrected chi connectivity index (χ0v) is 21.8. The maximum Gasteiger partial charge on any atom is 0.407 e. The maximum absolute atomic E-state index is 13.2.